The Morgan fingerprint density at radius 3 is 2.21 bits per heavy atom. The van der Waals surface area contributed by atoms with Gasteiger partial charge in [0.1, 0.15) is 0 Å². The highest BCUT2D eigenvalue weighted by Crippen LogP contribution is 2.26. The summed E-state index contributed by atoms with van der Waals surface area (Å²) in [6.45, 7) is 9.71. The Kier molecular flexibility index (Phi) is 6.60. The zero-order valence-electron chi connectivity index (χ0n) is 8.83. The molecule has 0 saturated heterocycles. The Morgan fingerprint density at radius 1 is 1.43 bits per heavy atom. The molecule has 4 nitrogen and oxygen atoms in total. The lowest BCUT2D eigenvalue weighted by molar-refractivity contribution is -0.208. The molecule has 0 N–H and O–H groups in total. The number of rotatable bonds is 7. The van der Waals surface area contributed by atoms with Crippen molar-refractivity contribution >= 4 is 8.69 Å². The zero-order valence-corrected chi connectivity index (χ0v) is 9.99. The normalized spacial score (nSPS) is 11.6. The molecule has 0 spiro atoms. The van der Waals surface area contributed by atoms with Crippen LogP contribution >= 0.6 is 8.69 Å². The molecule has 5 heteroatoms. The van der Waals surface area contributed by atoms with Crippen LogP contribution in [0.5, 0.6) is 0 Å². The summed E-state index contributed by atoms with van der Waals surface area (Å²) in [7, 11) is -1.36. The molecule has 0 aromatic carbocycles. The summed E-state index contributed by atoms with van der Waals surface area (Å²) in [6, 6.07) is 0. The summed E-state index contributed by atoms with van der Waals surface area (Å²) in [6.07, 6.45) is 0. The first-order valence-corrected chi connectivity index (χ1v) is 5.37. The molecule has 0 aromatic heterocycles. The highest BCUT2D eigenvalue weighted by molar-refractivity contribution is 7.17. The van der Waals surface area contributed by atoms with Gasteiger partial charge < -0.3 is 14.0 Å². The molecule has 0 amide bonds. The van der Waals surface area contributed by atoms with Crippen molar-refractivity contribution in [2.24, 2.45) is 0 Å². The third kappa shape index (κ3) is 3.69. The molecule has 0 aliphatic heterocycles. The van der Waals surface area contributed by atoms with E-state index in [4.69, 9.17) is 14.0 Å². The molecule has 14 heavy (non-hydrogen) atoms. The van der Waals surface area contributed by atoms with E-state index in [0.717, 1.165) is 0 Å². The van der Waals surface area contributed by atoms with E-state index in [2.05, 4.69) is 12.3 Å². The monoisotopic (exact) mass is 220 g/mol. The van der Waals surface area contributed by atoms with Crippen LogP contribution in [0.1, 0.15) is 20.8 Å². The molecule has 0 aliphatic rings. The van der Waals surface area contributed by atoms with Crippen LogP contribution in [0.3, 0.4) is 0 Å². The van der Waals surface area contributed by atoms with Crippen molar-refractivity contribution in [3.05, 3.63) is 18.1 Å². The van der Waals surface area contributed by atoms with Crippen LogP contribution in [0.2, 0.25) is 0 Å². The summed E-state index contributed by atoms with van der Waals surface area (Å²) in [4.78, 5) is 0. The topological polar surface area (TPSA) is 44.8 Å². The molecule has 0 saturated carbocycles. The van der Waals surface area contributed by atoms with Gasteiger partial charge >= 0.3 is 0 Å². The van der Waals surface area contributed by atoms with Gasteiger partial charge in [-0.05, 0) is 20.8 Å². The predicted octanol–water partition coefficient (Wildman–Crippen LogP) is 2.13. The first-order valence-electron chi connectivity index (χ1n) is 4.43. The molecule has 1 unspecified atom stereocenters. The van der Waals surface area contributed by atoms with Gasteiger partial charge in [0.2, 0.25) is 20.2 Å². The lowest BCUT2D eigenvalue weighted by Gasteiger charge is -2.28. The van der Waals surface area contributed by atoms with Crippen LogP contribution in [0, 0.1) is 0 Å². The molecule has 0 bridgehead atoms. The molecule has 1 atom stereocenters. The minimum absolute atomic E-state index is 0.228. The van der Waals surface area contributed by atoms with E-state index >= 15 is 0 Å². The molecular formula is C9H17O4P. The summed E-state index contributed by atoms with van der Waals surface area (Å²) >= 11 is 0. The van der Waals surface area contributed by atoms with Gasteiger partial charge in [0.05, 0.1) is 0 Å². The van der Waals surface area contributed by atoms with Crippen molar-refractivity contribution < 1.29 is 18.6 Å². The fourth-order valence-electron chi connectivity index (χ4n) is 1.08. The third-order valence-corrected chi connectivity index (χ3v) is 1.91. The van der Waals surface area contributed by atoms with Gasteiger partial charge in [0.15, 0.2) is 0 Å². The Bertz CT molecular complexity index is 227. The van der Waals surface area contributed by atoms with E-state index in [1.165, 1.54) is 0 Å². The van der Waals surface area contributed by atoms with Gasteiger partial charge in [0, 0.05) is 13.2 Å². The lowest BCUT2D eigenvalue weighted by Crippen LogP contribution is -2.34. The van der Waals surface area contributed by atoms with Gasteiger partial charge in [-0.1, -0.05) is 12.3 Å². The first kappa shape index (κ1) is 13.5. The van der Waals surface area contributed by atoms with E-state index in [9.17, 15) is 4.57 Å². The van der Waals surface area contributed by atoms with E-state index in [-0.39, 0.29) is 5.76 Å². The smallest absolute Gasteiger partial charge is 0.233 e. The van der Waals surface area contributed by atoms with Crippen LogP contribution in [0.25, 0.3) is 0 Å². The highest BCUT2D eigenvalue weighted by Gasteiger charge is 2.32. The second-order valence-electron chi connectivity index (χ2n) is 2.53. The first-order chi connectivity index (χ1) is 6.64. The summed E-state index contributed by atoms with van der Waals surface area (Å²) in [5.74, 6) is -0.811. The van der Waals surface area contributed by atoms with Crippen molar-refractivity contribution in [2.45, 2.75) is 26.6 Å². The Hall–Kier alpha value is -0.530. The average Bonchev–Trinajstić information content (AvgIpc) is 2.14. The highest BCUT2D eigenvalue weighted by atomic mass is 31.1. The molecular weight excluding hydrogens is 203 g/mol. The molecule has 0 aliphatic carbocycles. The predicted molar refractivity (Wildman–Crippen MR) is 55.8 cm³/mol. The second kappa shape index (κ2) is 6.86. The van der Waals surface area contributed by atoms with E-state index in [1.807, 2.05) is 13.8 Å². The van der Waals surface area contributed by atoms with Crippen LogP contribution in [-0.4, -0.2) is 19.0 Å². The SMILES string of the molecule is C=C=C(O[PH2]=O)C(C)(OCC)OCC. The van der Waals surface area contributed by atoms with Gasteiger partial charge in [-0.25, -0.2) is 0 Å². The molecule has 0 fully saturated rings. The maximum atomic E-state index is 10.4. The van der Waals surface area contributed by atoms with Crippen molar-refractivity contribution in [3.8, 4) is 0 Å². The van der Waals surface area contributed by atoms with E-state index in [0.29, 0.717) is 13.2 Å². The van der Waals surface area contributed by atoms with Gasteiger partial charge in [-0.2, -0.15) is 0 Å². The van der Waals surface area contributed by atoms with Crippen LogP contribution in [-0.2, 0) is 18.6 Å². The third-order valence-electron chi connectivity index (χ3n) is 1.58. The maximum absolute atomic E-state index is 10.4. The largest absolute Gasteiger partial charge is 0.437 e. The molecule has 82 valence electrons. The summed E-state index contributed by atoms with van der Waals surface area (Å²) < 4.78 is 26.0. The fourth-order valence-corrected chi connectivity index (χ4v) is 1.47. The quantitative estimate of drug-likeness (QED) is 0.285. The minimum atomic E-state index is -1.36. The number of hydrogen-bond acceptors (Lipinski definition) is 4. The minimum Gasteiger partial charge on any atom is -0.437 e. The Morgan fingerprint density at radius 2 is 1.93 bits per heavy atom. The van der Waals surface area contributed by atoms with Crippen molar-refractivity contribution in [1.82, 2.24) is 0 Å². The Balaban J connectivity index is 4.75. The fraction of sp³-hybridized carbons (Fsp3) is 0.667. The molecule has 0 aromatic rings. The maximum Gasteiger partial charge on any atom is 0.233 e. The van der Waals surface area contributed by atoms with Gasteiger partial charge in [-0.3, -0.25) is 4.57 Å². The molecule has 0 rings (SSSR count). The number of ether oxygens (including phenoxy) is 2. The Labute approximate surface area is 85.8 Å². The van der Waals surface area contributed by atoms with Crippen LogP contribution < -0.4 is 0 Å². The second-order valence-corrected chi connectivity index (χ2v) is 2.96. The van der Waals surface area contributed by atoms with E-state index < -0.39 is 14.5 Å². The standard InChI is InChI=1S/C9H17O4P/c1-5-8(13-14-10)9(4,11-6-2)12-7-3/h1,6-7,14H2,2-4H3. The summed E-state index contributed by atoms with van der Waals surface area (Å²) in [5, 5.41) is 0. The molecule has 0 radical (unpaired) electrons. The summed E-state index contributed by atoms with van der Waals surface area (Å²) in [5.41, 5.74) is 2.53. The van der Waals surface area contributed by atoms with Crippen LogP contribution in [0.4, 0.5) is 0 Å². The van der Waals surface area contributed by atoms with Gasteiger partial charge in [-0.15, -0.1) is 0 Å². The van der Waals surface area contributed by atoms with Crippen LogP contribution in [0.15, 0.2) is 18.1 Å². The van der Waals surface area contributed by atoms with E-state index in [1.54, 1.807) is 6.92 Å². The average molecular weight is 220 g/mol. The van der Waals surface area contributed by atoms with Gasteiger partial charge in [0.25, 0.3) is 0 Å². The number of hydrogen-bond donors (Lipinski definition) is 0. The lowest BCUT2D eigenvalue weighted by atomic mass is 10.2. The van der Waals surface area contributed by atoms with Crippen molar-refractivity contribution in [2.75, 3.05) is 13.2 Å². The zero-order chi connectivity index (χ0) is 11.0. The molecule has 0 heterocycles. The van der Waals surface area contributed by atoms with Crippen molar-refractivity contribution in [1.29, 1.82) is 0 Å². The van der Waals surface area contributed by atoms with Crippen molar-refractivity contribution in [3.63, 3.8) is 0 Å².